The smallest absolute Gasteiger partial charge is 0.196 e. The SMILES string of the molecule is COc1ccc(-c2nnc(SCc3ccc(F)cc3)n2-c2ccc(C)cc2)cc1. The minimum atomic E-state index is -0.233. The van der Waals surface area contributed by atoms with Crippen LogP contribution in [0.5, 0.6) is 5.75 Å². The van der Waals surface area contributed by atoms with Gasteiger partial charge in [-0.1, -0.05) is 41.6 Å². The topological polar surface area (TPSA) is 39.9 Å². The van der Waals surface area contributed by atoms with E-state index in [9.17, 15) is 4.39 Å². The molecule has 0 bridgehead atoms. The van der Waals surface area contributed by atoms with Gasteiger partial charge in [-0.05, 0) is 61.0 Å². The summed E-state index contributed by atoms with van der Waals surface area (Å²) in [6, 6.07) is 22.6. The van der Waals surface area contributed by atoms with Crippen LogP contribution >= 0.6 is 11.8 Å². The molecule has 1 heterocycles. The number of rotatable bonds is 6. The number of methoxy groups -OCH3 is 1. The molecule has 0 radical (unpaired) electrons. The summed E-state index contributed by atoms with van der Waals surface area (Å²) in [5, 5.41) is 9.68. The van der Waals surface area contributed by atoms with E-state index >= 15 is 0 Å². The first-order valence-electron chi connectivity index (χ1n) is 9.18. The number of aryl methyl sites for hydroxylation is 1. The summed E-state index contributed by atoms with van der Waals surface area (Å²) in [6.07, 6.45) is 0. The van der Waals surface area contributed by atoms with Gasteiger partial charge in [0.1, 0.15) is 11.6 Å². The fourth-order valence-electron chi connectivity index (χ4n) is 2.95. The Labute approximate surface area is 173 Å². The first kappa shape index (κ1) is 19.2. The lowest BCUT2D eigenvalue weighted by Gasteiger charge is -2.11. The summed E-state index contributed by atoms with van der Waals surface area (Å²) in [5.41, 5.74) is 4.16. The number of aromatic nitrogens is 3. The molecule has 4 nitrogen and oxygen atoms in total. The molecule has 0 aliphatic carbocycles. The third-order valence-electron chi connectivity index (χ3n) is 4.55. The van der Waals surface area contributed by atoms with Gasteiger partial charge in [-0.25, -0.2) is 4.39 Å². The lowest BCUT2D eigenvalue weighted by molar-refractivity contribution is 0.415. The molecule has 4 aromatic rings. The molecular weight excluding hydrogens is 385 g/mol. The van der Waals surface area contributed by atoms with E-state index in [4.69, 9.17) is 4.74 Å². The number of halogens is 1. The number of benzene rings is 3. The van der Waals surface area contributed by atoms with Crippen LogP contribution in [0.25, 0.3) is 17.1 Å². The van der Waals surface area contributed by atoms with Crippen molar-refractivity contribution in [3.05, 3.63) is 89.7 Å². The van der Waals surface area contributed by atoms with Crippen molar-refractivity contribution >= 4 is 11.8 Å². The molecule has 0 fully saturated rings. The molecule has 1 aromatic heterocycles. The monoisotopic (exact) mass is 405 g/mol. The highest BCUT2D eigenvalue weighted by molar-refractivity contribution is 7.98. The van der Waals surface area contributed by atoms with Gasteiger partial charge in [-0.3, -0.25) is 4.57 Å². The van der Waals surface area contributed by atoms with Crippen LogP contribution in [0.15, 0.2) is 78.0 Å². The van der Waals surface area contributed by atoms with Crippen molar-refractivity contribution in [3.63, 3.8) is 0 Å². The summed E-state index contributed by atoms with van der Waals surface area (Å²) >= 11 is 1.57. The largest absolute Gasteiger partial charge is 0.497 e. The van der Waals surface area contributed by atoms with Crippen molar-refractivity contribution in [3.8, 4) is 22.8 Å². The number of hydrogen-bond acceptors (Lipinski definition) is 4. The van der Waals surface area contributed by atoms with Crippen LogP contribution in [-0.4, -0.2) is 21.9 Å². The molecule has 0 unspecified atom stereocenters. The fourth-order valence-corrected chi connectivity index (χ4v) is 3.85. The minimum absolute atomic E-state index is 0.233. The second kappa shape index (κ2) is 8.49. The molecule has 0 amide bonds. The van der Waals surface area contributed by atoms with Gasteiger partial charge < -0.3 is 4.74 Å². The van der Waals surface area contributed by atoms with Crippen molar-refractivity contribution in [2.24, 2.45) is 0 Å². The van der Waals surface area contributed by atoms with Crippen LogP contribution in [0.1, 0.15) is 11.1 Å². The summed E-state index contributed by atoms with van der Waals surface area (Å²) in [7, 11) is 1.65. The molecule has 0 N–H and O–H groups in total. The Balaban J connectivity index is 1.71. The predicted octanol–water partition coefficient (Wildman–Crippen LogP) is 5.68. The normalized spacial score (nSPS) is 10.9. The Bertz CT molecular complexity index is 1090. The molecule has 0 spiro atoms. The second-order valence-corrected chi connectivity index (χ2v) is 7.56. The number of thioether (sulfide) groups is 1. The van der Waals surface area contributed by atoms with Gasteiger partial charge in [0.15, 0.2) is 11.0 Å². The van der Waals surface area contributed by atoms with Crippen LogP contribution in [0.4, 0.5) is 4.39 Å². The average molecular weight is 405 g/mol. The zero-order valence-corrected chi connectivity index (χ0v) is 17.0. The van der Waals surface area contributed by atoms with E-state index in [0.717, 1.165) is 33.5 Å². The lowest BCUT2D eigenvalue weighted by Crippen LogP contribution is -2.00. The van der Waals surface area contributed by atoms with Crippen molar-refractivity contribution in [2.45, 2.75) is 17.8 Å². The Morgan fingerprint density at radius 2 is 1.59 bits per heavy atom. The van der Waals surface area contributed by atoms with E-state index in [1.54, 1.807) is 31.0 Å². The van der Waals surface area contributed by atoms with Crippen LogP contribution in [0, 0.1) is 12.7 Å². The van der Waals surface area contributed by atoms with Crippen molar-refractivity contribution in [1.29, 1.82) is 0 Å². The molecule has 4 rings (SSSR count). The van der Waals surface area contributed by atoms with Gasteiger partial charge in [0.05, 0.1) is 7.11 Å². The summed E-state index contributed by atoms with van der Waals surface area (Å²) < 4.78 is 20.5. The minimum Gasteiger partial charge on any atom is -0.497 e. The Morgan fingerprint density at radius 3 is 2.24 bits per heavy atom. The molecule has 0 aliphatic rings. The number of nitrogens with zero attached hydrogens (tertiary/aromatic N) is 3. The van der Waals surface area contributed by atoms with Gasteiger partial charge in [-0.2, -0.15) is 0 Å². The van der Waals surface area contributed by atoms with Crippen LogP contribution in [-0.2, 0) is 5.75 Å². The maximum absolute atomic E-state index is 13.2. The number of ether oxygens (including phenoxy) is 1. The van der Waals surface area contributed by atoms with Gasteiger partial charge in [0.25, 0.3) is 0 Å². The summed E-state index contributed by atoms with van der Waals surface area (Å²) in [5.74, 6) is 2.00. The van der Waals surface area contributed by atoms with Crippen molar-refractivity contribution in [1.82, 2.24) is 14.8 Å². The Kier molecular flexibility index (Phi) is 5.62. The molecular formula is C23H20FN3OS. The third kappa shape index (κ3) is 4.32. The first-order valence-corrected chi connectivity index (χ1v) is 10.2. The molecule has 0 saturated carbocycles. The van der Waals surface area contributed by atoms with Crippen LogP contribution in [0.2, 0.25) is 0 Å². The van der Waals surface area contributed by atoms with Crippen molar-refractivity contribution < 1.29 is 9.13 Å². The van der Waals surface area contributed by atoms with E-state index in [0.29, 0.717) is 5.75 Å². The van der Waals surface area contributed by atoms with Crippen molar-refractivity contribution in [2.75, 3.05) is 7.11 Å². The summed E-state index contributed by atoms with van der Waals surface area (Å²) in [6.45, 7) is 2.06. The van der Waals surface area contributed by atoms with Crippen LogP contribution in [0.3, 0.4) is 0 Å². The molecule has 146 valence electrons. The van der Waals surface area contributed by atoms with E-state index in [2.05, 4.69) is 46.0 Å². The zero-order chi connectivity index (χ0) is 20.2. The average Bonchev–Trinajstić information content (AvgIpc) is 3.18. The highest BCUT2D eigenvalue weighted by Crippen LogP contribution is 2.30. The zero-order valence-electron chi connectivity index (χ0n) is 16.2. The quantitative estimate of drug-likeness (QED) is 0.387. The maximum Gasteiger partial charge on any atom is 0.196 e. The standard InChI is InChI=1S/C23H20FN3OS/c1-16-3-11-20(12-4-16)27-22(18-7-13-21(28-2)14-8-18)25-26-23(27)29-15-17-5-9-19(24)10-6-17/h3-14H,15H2,1-2H3. The number of hydrogen-bond donors (Lipinski definition) is 0. The summed E-state index contributed by atoms with van der Waals surface area (Å²) in [4.78, 5) is 0. The van der Waals surface area contributed by atoms with Gasteiger partial charge in [-0.15, -0.1) is 10.2 Å². The molecule has 3 aromatic carbocycles. The molecule has 6 heteroatoms. The maximum atomic E-state index is 13.2. The van der Waals surface area contributed by atoms with E-state index in [1.165, 1.54) is 17.7 Å². The van der Waals surface area contributed by atoms with Gasteiger partial charge in [0, 0.05) is 17.0 Å². The first-order chi connectivity index (χ1) is 14.1. The molecule has 29 heavy (non-hydrogen) atoms. The third-order valence-corrected chi connectivity index (χ3v) is 5.56. The van der Waals surface area contributed by atoms with E-state index in [1.807, 2.05) is 24.3 Å². The van der Waals surface area contributed by atoms with Gasteiger partial charge >= 0.3 is 0 Å². The highest BCUT2D eigenvalue weighted by atomic mass is 32.2. The lowest BCUT2D eigenvalue weighted by atomic mass is 10.2. The predicted molar refractivity (Wildman–Crippen MR) is 114 cm³/mol. The van der Waals surface area contributed by atoms with Crippen LogP contribution < -0.4 is 4.74 Å². The second-order valence-electron chi connectivity index (χ2n) is 6.62. The molecule has 0 atom stereocenters. The Hall–Kier alpha value is -3.12. The van der Waals surface area contributed by atoms with Gasteiger partial charge in [0.2, 0.25) is 0 Å². The molecule has 0 saturated heterocycles. The highest BCUT2D eigenvalue weighted by Gasteiger charge is 2.16. The van der Waals surface area contributed by atoms with E-state index < -0.39 is 0 Å². The van der Waals surface area contributed by atoms with E-state index in [-0.39, 0.29) is 5.82 Å². The fraction of sp³-hybridized carbons (Fsp3) is 0.130. The molecule has 0 aliphatic heterocycles. The Morgan fingerprint density at radius 1 is 0.897 bits per heavy atom.